The van der Waals surface area contributed by atoms with Crippen molar-refractivity contribution < 1.29 is 14.7 Å². The fourth-order valence-corrected chi connectivity index (χ4v) is 3.85. The Morgan fingerprint density at radius 2 is 1.86 bits per heavy atom. The van der Waals surface area contributed by atoms with E-state index in [0.717, 1.165) is 5.56 Å². The average molecular weight is 401 g/mol. The molecule has 0 aromatic heterocycles. The molecule has 1 aliphatic heterocycles. The van der Waals surface area contributed by atoms with Gasteiger partial charge in [-0.15, -0.1) is 0 Å². The first kappa shape index (κ1) is 20.4. The third-order valence-corrected chi connectivity index (χ3v) is 5.50. The van der Waals surface area contributed by atoms with E-state index >= 15 is 0 Å². The molecule has 0 spiro atoms. The second-order valence-electron chi connectivity index (χ2n) is 7.24. The lowest BCUT2D eigenvalue weighted by molar-refractivity contribution is -0.136. The van der Waals surface area contributed by atoms with Gasteiger partial charge in [0.1, 0.15) is 0 Å². The van der Waals surface area contributed by atoms with Crippen molar-refractivity contribution in [1.29, 1.82) is 0 Å². The van der Waals surface area contributed by atoms with Crippen molar-refractivity contribution in [3.63, 3.8) is 0 Å². The van der Waals surface area contributed by atoms with Crippen LogP contribution in [0.4, 0.5) is 0 Å². The zero-order valence-electron chi connectivity index (χ0n) is 15.8. The van der Waals surface area contributed by atoms with Crippen LogP contribution in [-0.4, -0.2) is 40.5 Å². The van der Waals surface area contributed by atoms with Crippen LogP contribution >= 0.6 is 11.6 Å². The first-order chi connectivity index (χ1) is 13.5. The van der Waals surface area contributed by atoms with Gasteiger partial charge in [-0.25, -0.2) is 0 Å². The lowest BCUT2D eigenvalue weighted by atomic mass is 9.98. The lowest BCUT2D eigenvalue weighted by Crippen LogP contribution is -2.47. The molecule has 1 aliphatic rings. The quantitative estimate of drug-likeness (QED) is 0.806. The van der Waals surface area contributed by atoms with Gasteiger partial charge in [0.25, 0.3) is 5.91 Å². The SMILES string of the molecule is C[C@@H]1C[C@@H](O)CCN1C(=O)C[C@H](NC(=O)c1ccccc1Cl)c1ccccc1. The van der Waals surface area contributed by atoms with Crippen LogP contribution in [0, 0.1) is 0 Å². The van der Waals surface area contributed by atoms with E-state index in [1.807, 2.05) is 37.3 Å². The van der Waals surface area contributed by atoms with Crippen molar-refractivity contribution in [3.05, 3.63) is 70.7 Å². The van der Waals surface area contributed by atoms with Crippen molar-refractivity contribution in [2.75, 3.05) is 6.54 Å². The highest BCUT2D eigenvalue weighted by Crippen LogP contribution is 2.24. The number of nitrogens with zero attached hydrogens (tertiary/aromatic N) is 1. The topological polar surface area (TPSA) is 69.6 Å². The molecule has 3 rings (SSSR count). The average Bonchev–Trinajstić information content (AvgIpc) is 2.68. The molecule has 2 aromatic rings. The number of piperidine rings is 1. The van der Waals surface area contributed by atoms with Crippen LogP contribution in [0.15, 0.2) is 54.6 Å². The van der Waals surface area contributed by atoms with Crippen molar-refractivity contribution in [3.8, 4) is 0 Å². The second kappa shape index (κ2) is 9.22. The maximum absolute atomic E-state index is 13.0. The summed E-state index contributed by atoms with van der Waals surface area (Å²) in [4.78, 5) is 27.5. The highest BCUT2D eigenvalue weighted by Gasteiger charge is 2.30. The number of carbonyl (C=O) groups excluding carboxylic acids is 2. The van der Waals surface area contributed by atoms with Gasteiger partial charge in [-0.1, -0.05) is 54.1 Å². The molecule has 148 valence electrons. The molecule has 0 saturated carbocycles. The summed E-state index contributed by atoms with van der Waals surface area (Å²) in [5.41, 5.74) is 1.24. The molecular formula is C22H25ClN2O3. The Kier molecular flexibility index (Phi) is 6.70. The Bertz CT molecular complexity index is 828. The molecular weight excluding hydrogens is 376 g/mol. The second-order valence-corrected chi connectivity index (χ2v) is 7.64. The molecule has 0 aliphatic carbocycles. The summed E-state index contributed by atoms with van der Waals surface area (Å²) in [6, 6.07) is 15.8. The summed E-state index contributed by atoms with van der Waals surface area (Å²) in [7, 11) is 0. The highest BCUT2D eigenvalue weighted by atomic mass is 35.5. The minimum atomic E-state index is -0.462. The minimum Gasteiger partial charge on any atom is -0.393 e. The van der Waals surface area contributed by atoms with Gasteiger partial charge in [-0.3, -0.25) is 9.59 Å². The van der Waals surface area contributed by atoms with Crippen molar-refractivity contribution in [2.24, 2.45) is 0 Å². The molecule has 2 N–H and O–H groups in total. The number of nitrogens with one attached hydrogen (secondary N) is 1. The molecule has 0 unspecified atom stereocenters. The van der Waals surface area contributed by atoms with Crippen molar-refractivity contribution in [1.82, 2.24) is 10.2 Å². The highest BCUT2D eigenvalue weighted by molar-refractivity contribution is 6.33. The molecule has 1 saturated heterocycles. The molecule has 1 heterocycles. The van der Waals surface area contributed by atoms with E-state index in [1.165, 1.54) is 0 Å². The van der Waals surface area contributed by atoms with E-state index in [9.17, 15) is 14.7 Å². The minimum absolute atomic E-state index is 0.0213. The number of halogens is 1. The van der Waals surface area contributed by atoms with Crippen LogP contribution in [0.2, 0.25) is 5.02 Å². The zero-order valence-corrected chi connectivity index (χ0v) is 16.6. The molecule has 0 bridgehead atoms. The fourth-order valence-electron chi connectivity index (χ4n) is 3.63. The van der Waals surface area contributed by atoms with Crippen molar-refractivity contribution >= 4 is 23.4 Å². The molecule has 0 radical (unpaired) electrons. The van der Waals surface area contributed by atoms with Crippen LogP contribution in [0.3, 0.4) is 0 Å². The van der Waals surface area contributed by atoms with Gasteiger partial charge in [0.2, 0.25) is 5.91 Å². The zero-order chi connectivity index (χ0) is 20.1. The van der Waals surface area contributed by atoms with Gasteiger partial charge in [0.05, 0.1) is 29.2 Å². The summed E-state index contributed by atoms with van der Waals surface area (Å²) in [5.74, 6) is -0.345. The Morgan fingerprint density at radius 3 is 2.54 bits per heavy atom. The van der Waals surface area contributed by atoms with E-state index in [-0.39, 0.29) is 30.4 Å². The van der Waals surface area contributed by atoms with E-state index in [4.69, 9.17) is 11.6 Å². The normalized spacial score (nSPS) is 20.5. The molecule has 2 aromatic carbocycles. The summed E-state index contributed by atoms with van der Waals surface area (Å²) in [5, 5.41) is 13.1. The van der Waals surface area contributed by atoms with Gasteiger partial charge in [-0.2, -0.15) is 0 Å². The Labute approximate surface area is 170 Å². The number of aliphatic hydroxyl groups excluding tert-OH is 1. The van der Waals surface area contributed by atoms with Gasteiger partial charge in [0.15, 0.2) is 0 Å². The van der Waals surface area contributed by atoms with Crippen LogP contribution in [-0.2, 0) is 4.79 Å². The molecule has 1 fully saturated rings. The van der Waals surface area contributed by atoms with Crippen LogP contribution in [0.25, 0.3) is 0 Å². The largest absolute Gasteiger partial charge is 0.393 e. The molecule has 5 nitrogen and oxygen atoms in total. The number of likely N-dealkylation sites (tertiary alicyclic amines) is 1. The number of benzene rings is 2. The summed E-state index contributed by atoms with van der Waals surface area (Å²) in [6.07, 6.45) is 0.954. The van der Waals surface area contributed by atoms with Gasteiger partial charge in [0, 0.05) is 12.6 Å². The number of rotatable bonds is 5. The first-order valence-electron chi connectivity index (χ1n) is 9.53. The Balaban J connectivity index is 1.77. The third kappa shape index (κ3) is 4.91. The van der Waals surface area contributed by atoms with Gasteiger partial charge < -0.3 is 15.3 Å². The first-order valence-corrected chi connectivity index (χ1v) is 9.91. The Morgan fingerprint density at radius 1 is 1.18 bits per heavy atom. The Hall–Kier alpha value is -2.37. The standard InChI is InChI=1S/C22H25ClN2O3/c1-15-13-17(26)11-12-25(15)21(27)14-20(16-7-3-2-4-8-16)24-22(28)18-9-5-6-10-19(18)23/h2-10,15,17,20,26H,11-14H2,1H3,(H,24,28)/t15-,17+,20+/m1/s1. The number of aliphatic hydroxyl groups is 1. The number of carbonyl (C=O) groups is 2. The number of hydrogen-bond acceptors (Lipinski definition) is 3. The predicted molar refractivity (Wildman–Crippen MR) is 109 cm³/mol. The lowest BCUT2D eigenvalue weighted by Gasteiger charge is -2.36. The summed E-state index contributed by atoms with van der Waals surface area (Å²) in [6.45, 7) is 2.47. The summed E-state index contributed by atoms with van der Waals surface area (Å²) >= 11 is 6.15. The van der Waals surface area contributed by atoms with E-state index < -0.39 is 6.04 Å². The molecule has 28 heavy (non-hydrogen) atoms. The summed E-state index contributed by atoms with van der Waals surface area (Å²) < 4.78 is 0. The predicted octanol–water partition coefficient (Wildman–Crippen LogP) is 3.57. The molecule has 3 atom stereocenters. The fraction of sp³-hybridized carbons (Fsp3) is 0.364. The van der Waals surface area contributed by atoms with Crippen molar-refractivity contribution in [2.45, 2.75) is 44.4 Å². The van der Waals surface area contributed by atoms with Gasteiger partial charge in [-0.05, 0) is 37.5 Å². The molecule has 6 heteroatoms. The van der Waals surface area contributed by atoms with E-state index in [0.29, 0.717) is 30.0 Å². The monoisotopic (exact) mass is 400 g/mol. The van der Waals surface area contributed by atoms with Crippen LogP contribution in [0.1, 0.15) is 48.1 Å². The van der Waals surface area contributed by atoms with Crippen LogP contribution in [0.5, 0.6) is 0 Å². The van der Waals surface area contributed by atoms with Crippen LogP contribution < -0.4 is 5.32 Å². The maximum Gasteiger partial charge on any atom is 0.253 e. The smallest absolute Gasteiger partial charge is 0.253 e. The third-order valence-electron chi connectivity index (χ3n) is 5.17. The molecule has 2 amide bonds. The number of amides is 2. The van der Waals surface area contributed by atoms with E-state index in [2.05, 4.69) is 5.32 Å². The number of hydrogen-bond donors (Lipinski definition) is 2. The van der Waals surface area contributed by atoms with E-state index in [1.54, 1.807) is 29.2 Å². The maximum atomic E-state index is 13.0. The van der Waals surface area contributed by atoms with Gasteiger partial charge >= 0.3 is 0 Å².